The Balaban J connectivity index is 2.85. The number of nitrogens with two attached hydrogens (primary N) is 1. The van der Waals surface area contributed by atoms with Crippen molar-refractivity contribution in [3.8, 4) is 0 Å². The summed E-state index contributed by atoms with van der Waals surface area (Å²) in [5, 5.41) is 2.91. The lowest BCUT2D eigenvalue weighted by Crippen LogP contribution is -2.45. The third kappa shape index (κ3) is 4.65. The molecular formula is C15H27N3O2. The van der Waals surface area contributed by atoms with E-state index in [0.717, 1.165) is 18.1 Å². The number of carbonyl (C=O) groups is 1. The molecular weight excluding hydrogens is 254 g/mol. The highest BCUT2D eigenvalue weighted by atomic mass is 16.3. The quantitative estimate of drug-likeness (QED) is 0.800. The molecule has 0 aliphatic heterocycles. The Morgan fingerprint density at radius 1 is 1.40 bits per heavy atom. The van der Waals surface area contributed by atoms with Gasteiger partial charge in [-0.1, -0.05) is 6.92 Å². The van der Waals surface area contributed by atoms with Crippen molar-refractivity contribution in [2.45, 2.75) is 52.7 Å². The zero-order chi connectivity index (χ0) is 15.3. The number of nitrogens with one attached hydrogen (secondary N) is 1. The molecule has 0 aliphatic carbocycles. The van der Waals surface area contributed by atoms with Gasteiger partial charge in [0.15, 0.2) is 0 Å². The van der Waals surface area contributed by atoms with Gasteiger partial charge in [-0.25, -0.2) is 0 Å². The van der Waals surface area contributed by atoms with Gasteiger partial charge in [-0.3, -0.25) is 9.69 Å². The van der Waals surface area contributed by atoms with Crippen LogP contribution in [0.2, 0.25) is 0 Å². The minimum atomic E-state index is -0.118. The average molecular weight is 281 g/mol. The summed E-state index contributed by atoms with van der Waals surface area (Å²) in [6, 6.07) is 3.79. The number of furan rings is 1. The molecule has 2 atom stereocenters. The van der Waals surface area contributed by atoms with E-state index in [4.69, 9.17) is 10.2 Å². The predicted molar refractivity (Wildman–Crippen MR) is 80.4 cm³/mol. The Hall–Kier alpha value is -1.33. The number of rotatable bonds is 7. The topological polar surface area (TPSA) is 71.5 Å². The van der Waals surface area contributed by atoms with Crippen LogP contribution in [0.4, 0.5) is 0 Å². The van der Waals surface area contributed by atoms with Crippen LogP contribution in [-0.2, 0) is 4.79 Å². The van der Waals surface area contributed by atoms with Crippen molar-refractivity contribution >= 4 is 5.91 Å². The predicted octanol–water partition coefficient (Wildman–Crippen LogP) is 1.82. The largest absolute Gasteiger partial charge is 0.465 e. The molecule has 1 aromatic rings. The maximum atomic E-state index is 12.0. The number of aryl methyl sites for hydroxylation is 1. The Labute approximate surface area is 121 Å². The monoisotopic (exact) mass is 281 g/mol. The van der Waals surface area contributed by atoms with Crippen LogP contribution in [0.15, 0.2) is 16.5 Å². The molecule has 0 saturated heterocycles. The van der Waals surface area contributed by atoms with Crippen LogP contribution in [0.3, 0.4) is 0 Å². The molecule has 20 heavy (non-hydrogen) atoms. The second-order valence-electron chi connectivity index (χ2n) is 5.54. The first-order valence-corrected chi connectivity index (χ1v) is 7.20. The van der Waals surface area contributed by atoms with Crippen molar-refractivity contribution in [1.29, 1.82) is 0 Å². The molecule has 1 amide bonds. The van der Waals surface area contributed by atoms with Crippen molar-refractivity contribution in [3.63, 3.8) is 0 Å². The van der Waals surface area contributed by atoms with Gasteiger partial charge in [0.05, 0.1) is 12.6 Å². The van der Waals surface area contributed by atoms with Crippen LogP contribution < -0.4 is 11.1 Å². The molecule has 114 valence electrons. The maximum Gasteiger partial charge on any atom is 0.234 e. The third-order valence-electron chi connectivity index (χ3n) is 3.15. The summed E-state index contributed by atoms with van der Waals surface area (Å²) < 4.78 is 5.70. The van der Waals surface area contributed by atoms with E-state index in [0.29, 0.717) is 6.54 Å². The molecule has 1 heterocycles. The zero-order valence-electron chi connectivity index (χ0n) is 13.1. The van der Waals surface area contributed by atoms with Crippen molar-refractivity contribution in [2.75, 3.05) is 13.1 Å². The van der Waals surface area contributed by atoms with E-state index in [1.807, 2.05) is 51.7 Å². The number of hydrogen-bond donors (Lipinski definition) is 2. The van der Waals surface area contributed by atoms with E-state index in [1.165, 1.54) is 0 Å². The molecule has 0 spiro atoms. The Bertz CT molecular complexity index is 427. The fourth-order valence-corrected chi connectivity index (χ4v) is 2.34. The highest BCUT2D eigenvalue weighted by Crippen LogP contribution is 2.25. The number of carbonyl (C=O) groups excluding carboxylic acids is 1. The summed E-state index contributed by atoms with van der Waals surface area (Å²) in [6.07, 6.45) is 0. The Morgan fingerprint density at radius 2 is 2.05 bits per heavy atom. The number of likely N-dealkylation sites (N-methyl/N-ethyl adjacent to an activating group) is 1. The zero-order valence-corrected chi connectivity index (χ0v) is 13.1. The van der Waals surface area contributed by atoms with Gasteiger partial charge in [-0.15, -0.1) is 0 Å². The van der Waals surface area contributed by atoms with Crippen LogP contribution >= 0.6 is 0 Å². The summed E-state index contributed by atoms with van der Waals surface area (Å²) in [5.41, 5.74) is 6.10. The molecule has 0 aromatic carbocycles. The molecule has 0 bridgehead atoms. The van der Waals surface area contributed by atoms with E-state index in [9.17, 15) is 4.79 Å². The highest BCUT2D eigenvalue weighted by molar-refractivity contribution is 5.78. The summed E-state index contributed by atoms with van der Waals surface area (Å²) in [7, 11) is 0. The highest BCUT2D eigenvalue weighted by Gasteiger charge is 2.27. The molecule has 2 unspecified atom stereocenters. The van der Waals surface area contributed by atoms with E-state index in [1.54, 1.807) is 0 Å². The van der Waals surface area contributed by atoms with E-state index >= 15 is 0 Å². The minimum Gasteiger partial charge on any atom is -0.465 e. The molecule has 0 saturated carbocycles. The molecule has 3 N–H and O–H groups in total. The van der Waals surface area contributed by atoms with Gasteiger partial charge in [-0.05, 0) is 46.4 Å². The van der Waals surface area contributed by atoms with E-state index in [-0.39, 0.29) is 24.0 Å². The summed E-state index contributed by atoms with van der Waals surface area (Å²) in [6.45, 7) is 10.8. The number of nitrogens with zero attached hydrogens (tertiary/aromatic N) is 1. The average Bonchev–Trinajstić information content (AvgIpc) is 2.73. The molecule has 0 fully saturated rings. The molecule has 1 aromatic heterocycles. The minimum absolute atomic E-state index is 0.00998. The van der Waals surface area contributed by atoms with Crippen LogP contribution in [0, 0.1) is 6.92 Å². The lowest BCUT2D eigenvalue weighted by molar-refractivity contribution is -0.123. The number of amides is 1. The maximum absolute atomic E-state index is 12.0. The fraction of sp³-hybridized carbons (Fsp3) is 0.667. The normalized spacial score (nSPS) is 14.6. The lowest BCUT2D eigenvalue weighted by Gasteiger charge is -2.31. The second-order valence-corrected chi connectivity index (χ2v) is 5.54. The standard InChI is InChI=1S/C15H27N3O2/c1-6-18(9-14(19)17-10(2)3)15(12(5)16)13-8-7-11(4)20-13/h7-8,10,12,15H,6,9,16H2,1-5H3,(H,17,19). The van der Waals surface area contributed by atoms with Crippen molar-refractivity contribution in [1.82, 2.24) is 10.2 Å². The molecule has 1 rings (SSSR count). The van der Waals surface area contributed by atoms with E-state index in [2.05, 4.69) is 5.32 Å². The molecule has 0 aliphatic rings. The van der Waals surface area contributed by atoms with Crippen LogP contribution in [-0.4, -0.2) is 36.0 Å². The SMILES string of the molecule is CCN(CC(=O)NC(C)C)C(c1ccc(C)o1)C(C)N. The molecule has 0 radical (unpaired) electrons. The first-order valence-electron chi connectivity index (χ1n) is 7.20. The van der Waals surface area contributed by atoms with Gasteiger partial charge in [0, 0.05) is 12.1 Å². The van der Waals surface area contributed by atoms with Gasteiger partial charge in [0.25, 0.3) is 0 Å². The van der Waals surface area contributed by atoms with Gasteiger partial charge >= 0.3 is 0 Å². The van der Waals surface area contributed by atoms with Crippen molar-refractivity contribution < 1.29 is 9.21 Å². The van der Waals surface area contributed by atoms with Crippen molar-refractivity contribution in [3.05, 3.63) is 23.7 Å². The van der Waals surface area contributed by atoms with Crippen LogP contribution in [0.5, 0.6) is 0 Å². The van der Waals surface area contributed by atoms with Gasteiger partial charge in [0.1, 0.15) is 11.5 Å². The van der Waals surface area contributed by atoms with Gasteiger partial charge in [0.2, 0.25) is 5.91 Å². The molecule has 5 nitrogen and oxygen atoms in total. The van der Waals surface area contributed by atoms with E-state index < -0.39 is 0 Å². The van der Waals surface area contributed by atoms with Gasteiger partial charge < -0.3 is 15.5 Å². The first-order chi connectivity index (χ1) is 9.35. The van der Waals surface area contributed by atoms with Crippen LogP contribution in [0.1, 0.15) is 45.3 Å². The second kappa shape index (κ2) is 7.45. The lowest BCUT2D eigenvalue weighted by atomic mass is 10.1. The Morgan fingerprint density at radius 3 is 2.45 bits per heavy atom. The van der Waals surface area contributed by atoms with Crippen molar-refractivity contribution in [2.24, 2.45) is 5.73 Å². The summed E-state index contributed by atoms with van der Waals surface area (Å²) >= 11 is 0. The molecule has 5 heteroatoms. The Kier molecular flexibility index (Phi) is 6.23. The van der Waals surface area contributed by atoms with Crippen LogP contribution in [0.25, 0.3) is 0 Å². The number of hydrogen-bond acceptors (Lipinski definition) is 4. The summed E-state index contributed by atoms with van der Waals surface area (Å²) in [5.74, 6) is 1.68. The smallest absolute Gasteiger partial charge is 0.234 e. The first kappa shape index (κ1) is 16.7. The third-order valence-corrected chi connectivity index (χ3v) is 3.15. The fourth-order valence-electron chi connectivity index (χ4n) is 2.34. The van der Waals surface area contributed by atoms with Gasteiger partial charge in [-0.2, -0.15) is 0 Å². The summed E-state index contributed by atoms with van der Waals surface area (Å²) in [4.78, 5) is 14.0.